The molecular weight excluding hydrogens is 501 g/mol. The summed E-state index contributed by atoms with van der Waals surface area (Å²) >= 11 is 2.74. The Morgan fingerprint density at radius 3 is 2.54 bits per heavy atom. The maximum atomic E-state index is 13.8. The standard InChI is InChI=1S/C25H26N4O3S3/c1-17-5-6-21-23(18(17)2)27-25(34-21)29(16-19-7-11-26-12-8-19)24(30)20-9-13-28(14-10-20)35(31,32)22-4-3-15-33-22/h3-8,11-12,15,20H,9-10,13-14,16H2,1-2H3. The Morgan fingerprint density at radius 2 is 1.86 bits per heavy atom. The Morgan fingerprint density at radius 1 is 1.11 bits per heavy atom. The first-order valence-corrected chi connectivity index (χ1v) is 14.6. The highest BCUT2D eigenvalue weighted by Gasteiger charge is 2.35. The van der Waals surface area contributed by atoms with Gasteiger partial charge in [0.15, 0.2) is 5.13 Å². The molecule has 0 radical (unpaired) electrons. The van der Waals surface area contributed by atoms with Crippen LogP contribution in [0.25, 0.3) is 10.2 Å². The second kappa shape index (κ2) is 9.77. The van der Waals surface area contributed by atoms with Crippen LogP contribution in [0.3, 0.4) is 0 Å². The number of rotatable bonds is 6. The normalized spacial score (nSPS) is 15.5. The first kappa shape index (κ1) is 24.1. The number of carbonyl (C=O) groups excluding carboxylic acids is 1. The fourth-order valence-electron chi connectivity index (χ4n) is 4.34. The highest BCUT2D eigenvalue weighted by atomic mass is 32.2. The van der Waals surface area contributed by atoms with Gasteiger partial charge in [0.1, 0.15) is 4.21 Å². The molecule has 1 aliphatic heterocycles. The second-order valence-electron chi connectivity index (χ2n) is 8.74. The molecule has 0 N–H and O–H groups in total. The zero-order chi connectivity index (χ0) is 24.6. The average molecular weight is 527 g/mol. The number of hydrogen-bond donors (Lipinski definition) is 0. The molecule has 1 saturated heterocycles. The minimum atomic E-state index is -3.51. The molecule has 182 valence electrons. The topological polar surface area (TPSA) is 83.5 Å². The summed E-state index contributed by atoms with van der Waals surface area (Å²) in [5.74, 6) is -0.273. The van der Waals surface area contributed by atoms with Gasteiger partial charge in [0.05, 0.1) is 16.8 Å². The molecule has 4 heterocycles. The van der Waals surface area contributed by atoms with Crippen LogP contribution in [-0.4, -0.2) is 41.7 Å². The lowest BCUT2D eigenvalue weighted by atomic mass is 9.96. The summed E-state index contributed by atoms with van der Waals surface area (Å²) in [7, 11) is -3.51. The van der Waals surface area contributed by atoms with E-state index in [-0.39, 0.29) is 11.8 Å². The van der Waals surface area contributed by atoms with Crippen LogP contribution in [0.2, 0.25) is 0 Å². The van der Waals surface area contributed by atoms with E-state index in [1.54, 1.807) is 34.8 Å². The molecule has 10 heteroatoms. The van der Waals surface area contributed by atoms with Crippen LogP contribution in [0.5, 0.6) is 0 Å². The van der Waals surface area contributed by atoms with Gasteiger partial charge in [-0.2, -0.15) is 4.31 Å². The third-order valence-corrected chi connectivity index (χ3v) is 10.9. The summed E-state index contributed by atoms with van der Waals surface area (Å²) in [5, 5.41) is 2.44. The highest BCUT2D eigenvalue weighted by molar-refractivity contribution is 7.91. The van der Waals surface area contributed by atoms with E-state index in [2.05, 4.69) is 31.0 Å². The minimum Gasteiger partial charge on any atom is -0.283 e. The number of aromatic nitrogens is 2. The third kappa shape index (κ3) is 4.75. The van der Waals surface area contributed by atoms with E-state index in [9.17, 15) is 13.2 Å². The van der Waals surface area contributed by atoms with Crippen LogP contribution in [-0.2, 0) is 21.4 Å². The van der Waals surface area contributed by atoms with Crippen molar-refractivity contribution in [3.63, 3.8) is 0 Å². The van der Waals surface area contributed by atoms with Crippen molar-refractivity contribution in [2.45, 2.75) is 37.4 Å². The number of hydrogen-bond acceptors (Lipinski definition) is 7. The number of piperidine rings is 1. The lowest BCUT2D eigenvalue weighted by Gasteiger charge is -2.32. The van der Waals surface area contributed by atoms with E-state index in [1.807, 2.05) is 12.1 Å². The summed E-state index contributed by atoms with van der Waals surface area (Å²) < 4.78 is 28.7. The molecular formula is C25H26N4O3S3. The van der Waals surface area contributed by atoms with Crippen molar-refractivity contribution >= 4 is 54.0 Å². The van der Waals surface area contributed by atoms with Crippen LogP contribution in [0.4, 0.5) is 5.13 Å². The maximum absolute atomic E-state index is 13.8. The van der Waals surface area contributed by atoms with Crippen LogP contribution in [0.15, 0.2) is 58.4 Å². The number of nitrogens with zero attached hydrogens (tertiary/aromatic N) is 4. The predicted octanol–water partition coefficient (Wildman–Crippen LogP) is 5.00. The van der Waals surface area contributed by atoms with Crippen molar-refractivity contribution in [3.05, 3.63) is 70.9 Å². The van der Waals surface area contributed by atoms with Crippen molar-refractivity contribution in [2.24, 2.45) is 5.92 Å². The molecule has 1 aliphatic rings. The number of anilines is 1. The van der Waals surface area contributed by atoms with Crippen molar-refractivity contribution in [1.29, 1.82) is 0 Å². The zero-order valence-corrected chi connectivity index (χ0v) is 22.0. The Labute approximate surface area is 213 Å². The Bertz CT molecular complexity index is 1440. The van der Waals surface area contributed by atoms with Gasteiger partial charge in [0.2, 0.25) is 5.91 Å². The van der Waals surface area contributed by atoms with E-state index in [0.29, 0.717) is 41.8 Å². The van der Waals surface area contributed by atoms with Gasteiger partial charge in [-0.05, 0) is 73.0 Å². The van der Waals surface area contributed by atoms with Gasteiger partial charge < -0.3 is 0 Å². The monoisotopic (exact) mass is 526 g/mol. The lowest BCUT2D eigenvalue weighted by Crippen LogP contribution is -2.44. The minimum absolute atomic E-state index is 0.0107. The molecule has 3 aromatic heterocycles. The molecule has 1 amide bonds. The molecule has 0 atom stereocenters. The summed E-state index contributed by atoms with van der Waals surface area (Å²) in [5.41, 5.74) is 4.18. The first-order valence-electron chi connectivity index (χ1n) is 11.5. The zero-order valence-electron chi connectivity index (χ0n) is 19.5. The van der Waals surface area contributed by atoms with Gasteiger partial charge in [-0.25, -0.2) is 13.4 Å². The molecule has 0 bridgehead atoms. The SMILES string of the molecule is Cc1ccc2sc(N(Cc3ccncc3)C(=O)C3CCN(S(=O)(=O)c4cccs4)CC3)nc2c1C. The Balaban J connectivity index is 1.40. The fourth-order valence-corrected chi connectivity index (χ4v) is 7.99. The van der Waals surface area contributed by atoms with Crippen LogP contribution >= 0.6 is 22.7 Å². The smallest absolute Gasteiger partial charge is 0.252 e. The molecule has 1 aromatic carbocycles. The van der Waals surface area contributed by atoms with E-state index in [4.69, 9.17) is 4.98 Å². The number of aryl methyl sites for hydroxylation is 2. The van der Waals surface area contributed by atoms with Crippen molar-refractivity contribution in [3.8, 4) is 0 Å². The number of amides is 1. The quantitative estimate of drug-likeness (QED) is 0.353. The number of carbonyl (C=O) groups is 1. The summed E-state index contributed by atoms with van der Waals surface area (Å²) in [6.07, 6.45) is 4.41. The number of thiophene rings is 1. The van der Waals surface area contributed by atoms with E-state index in [1.165, 1.54) is 32.5 Å². The number of benzene rings is 1. The Hall–Kier alpha value is -2.66. The lowest BCUT2D eigenvalue weighted by molar-refractivity contribution is -0.123. The average Bonchev–Trinajstić information content (AvgIpc) is 3.57. The molecule has 0 spiro atoms. The van der Waals surface area contributed by atoms with Gasteiger partial charge in [0, 0.05) is 31.4 Å². The van der Waals surface area contributed by atoms with E-state index >= 15 is 0 Å². The molecule has 0 aliphatic carbocycles. The fraction of sp³-hybridized carbons (Fsp3) is 0.320. The van der Waals surface area contributed by atoms with Gasteiger partial charge >= 0.3 is 0 Å². The first-order chi connectivity index (χ1) is 16.8. The second-order valence-corrected chi connectivity index (χ2v) is 12.9. The van der Waals surface area contributed by atoms with Crippen molar-refractivity contribution in [1.82, 2.24) is 14.3 Å². The van der Waals surface area contributed by atoms with Crippen molar-refractivity contribution < 1.29 is 13.2 Å². The molecule has 35 heavy (non-hydrogen) atoms. The van der Waals surface area contributed by atoms with Crippen LogP contribution in [0.1, 0.15) is 29.5 Å². The number of thiazole rings is 1. The van der Waals surface area contributed by atoms with Crippen LogP contribution < -0.4 is 4.90 Å². The van der Waals surface area contributed by atoms with Gasteiger partial charge in [-0.1, -0.05) is 23.5 Å². The molecule has 0 unspecified atom stereocenters. The number of sulfonamides is 1. The maximum Gasteiger partial charge on any atom is 0.252 e. The van der Waals surface area contributed by atoms with E-state index in [0.717, 1.165) is 21.3 Å². The van der Waals surface area contributed by atoms with Gasteiger partial charge in [0.25, 0.3) is 10.0 Å². The van der Waals surface area contributed by atoms with Gasteiger partial charge in [-0.3, -0.25) is 14.7 Å². The summed E-state index contributed by atoms with van der Waals surface area (Å²) in [4.78, 5) is 24.6. The molecule has 1 fully saturated rings. The summed E-state index contributed by atoms with van der Waals surface area (Å²) in [6, 6.07) is 11.3. The van der Waals surface area contributed by atoms with Gasteiger partial charge in [-0.15, -0.1) is 11.3 Å². The summed E-state index contributed by atoms with van der Waals surface area (Å²) in [6.45, 7) is 5.17. The largest absolute Gasteiger partial charge is 0.283 e. The van der Waals surface area contributed by atoms with E-state index < -0.39 is 10.0 Å². The van der Waals surface area contributed by atoms with Crippen LogP contribution in [0, 0.1) is 19.8 Å². The molecule has 5 rings (SSSR count). The van der Waals surface area contributed by atoms with Crippen molar-refractivity contribution in [2.75, 3.05) is 18.0 Å². The predicted molar refractivity (Wildman–Crippen MR) is 140 cm³/mol. The Kier molecular flexibility index (Phi) is 6.71. The number of fused-ring (bicyclic) bond motifs is 1. The highest BCUT2D eigenvalue weighted by Crippen LogP contribution is 2.35. The molecule has 7 nitrogen and oxygen atoms in total. The number of pyridine rings is 1. The molecule has 4 aromatic rings. The molecule has 0 saturated carbocycles. The third-order valence-electron chi connectivity index (χ3n) is 6.55.